The minimum Gasteiger partial charge on any atom is -0.392 e. The molecule has 0 radical (unpaired) electrons. The molecule has 0 aliphatic heterocycles. The number of aliphatic hydroxyl groups excluding tert-OH is 1. The maximum absolute atomic E-state index is 11.0. The van der Waals surface area contributed by atoms with Gasteiger partial charge in [0.25, 0.3) is 0 Å². The SMILES string of the molecule is CC(CS(C)(=O)=O)NC1CCCC1O. The van der Waals surface area contributed by atoms with E-state index in [-0.39, 0.29) is 23.9 Å². The number of hydrogen-bond acceptors (Lipinski definition) is 4. The van der Waals surface area contributed by atoms with Crippen LogP contribution >= 0.6 is 0 Å². The fraction of sp³-hybridized carbons (Fsp3) is 1.00. The third kappa shape index (κ3) is 3.94. The molecule has 0 aromatic heterocycles. The summed E-state index contributed by atoms with van der Waals surface area (Å²) in [6, 6.07) is -0.00509. The van der Waals surface area contributed by atoms with Crippen LogP contribution in [-0.4, -0.2) is 43.7 Å². The van der Waals surface area contributed by atoms with Gasteiger partial charge in [-0.3, -0.25) is 0 Å². The molecular weight excluding hydrogens is 202 g/mol. The molecule has 3 atom stereocenters. The molecule has 1 aliphatic rings. The van der Waals surface area contributed by atoms with Gasteiger partial charge >= 0.3 is 0 Å². The minimum atomic E-state index is -2.93. The van der Waals surface area contributed by atoms with Crippen LogP contribution in [0, 0.1) is 0 Å². The lowest BCUT2D eigenvalue weighted by atomic mass is 10.2. The predicted octanol–water partition coefficient (Wildman–Crippen LogP) is -0.0775. The van der Waals surface area contributed by atoms with E-state index in [0.717, 1.165) is 19.3 Å². The molecule has 0 spiro atoms. The minimum absolute atomic E-state index is 0.0757. The van der Waals surface area contributed by atoms with Crippen molar-refractivity contribution < 1.29 is 13.5 Å². The summed E-state index contributed by atoms with van der Waals surface area (Å²) < 4.78 is 22.0. The zero-order valence-corrected chi connectivity index (χ0v) is 9.55. The van der Waals surface area contributed by atoms with E-state index in [0.29, 0.717) is 0 Å². The number of aliphatic hydroxyl groups is 1. The Kier molecular flexibility index (Phi) is 3.92. The molecule has 0 heterocycles. The summed E-state index contributed by atoms with van der Waals surface area (Å²) in [5.41, 5.74) is 0. The van der Waals surface area contributed by atoms with Crippen LogP contribution in [-0.2, 0) is 9.84 Å². The highest BCUT2D eigenvalue weighted by Gasteiger charge is 2.26. The van der Waals surface area contributed by atoms with Crippen LogP contribution in [0.2, 0.25) is 0 Å². The first-order valence-corrected chi connectivity index (χ1v) is 7.06. The Bertz CT molecular complexity index is 276. The van der Waals surface area contributed by atoms with Crippen LogP contribution in [0.25, 0.3) is 0 Å². The van der Waals surface area contributed by atoms with E-state index in [9.17, 15) is 13.5 Å². The van der Waals surface area contributed by atoms with E-state index in [2.05, 4.69) is 5.32 Å². The van der Waals surface area contributed by atoms with Gasteiger partial charge in [-0.05, 0) is 26.2 Å². The third-order valence-corrected chi connectivity index (χ3v) is 3.64. The first kappa shape index (κ1) is 11.9. The quantitative estimate of drug-likeness (QED) is 0.697. The average Bonchev–Trinajstić information content (AvgIpc) is 2.32. The first-order chi connectivity index (χ1) is 6.38. The highest BCUT2D eigenvalue weighted by molar-refractivity contribution is 7.90. The van der Waals surface area contributed by atoms with Gasteiger partial charge in [-0.25, -0.2) is 8.42 Å². The highest BCUT2D eigenvalue weighted by Crippen LogP contribution is 2.19. The molecule has 1 rings (SSSR count). The van der Waals surface area contributed by atoms with Crippen LogP contribution in [0.1, 0.15) is 26.2 Å². The lowest BCUT2D eigenvalue weighted by Gasteiger charge is -2.21. The number of hydrogen-bond donors (Lipinski definition) is 2. The molecule has 1 fully saturated rings. The third-order valence-electron chi connectivity index (χ3n) is 2.53. The first-order valence-electron chi connectivity index (χ1n) is 5.00. The van der Waals surface area contributed by atoms with Crippen molar-refractivity contribution in [3.8, 4) is 0 Å². The van der Waals surface area contributed by atoms with Gasteiger partial charge in [0.2, 0.25) is 0 Å². The topological polar surface area (TPSA) is 66.4 Å². The van der Waals surface area contributed by atoms with Crippen molar-refractivity contribution >= 4 is 9.84 Å². The van der Waals surface area contributed by atoms with E-state index in [1.807, 2.05) is 6.92 Å². The van der Waals surface area contributed by atoms with E-state index in [4.69, 9.17) is 0 Å². The van der Waals surface area contributed by atoms with Gasteiger partial charge in [-0.1, -0.05) is 0 Å². The van der Waals surface area contributed by atoms with Crippen LogP contribution in [0.4, 0.5) is 0 Å². The summed E-state index contributed by atoms with van der Waals surface area (Å²) in [6.07, 6.45) is 3.70. The Hall–Kier alpha value is -0.130. The van der Waals surface area contributed by atoms with Crippen molar-refractivity contribution in [3.05, 3.63) is 0 Å². The fourth-order valence-corrected chi connectivity index (χ4v) is 3.01. The zero-order chi connectivity index (χ0) is 10.8. The summed E-state index contributed by atoms with van der Waals surface area (Å²) in [7, 11) is -2.93. The zero-order valence-electron chi connectivity index (χ0n) is 8.73. The molecule has 5 heteroatoms. The van der Waals surface area contributed by atoms with Gasteiger partial charge < -0.3 is 10.4 Å². The Morgan fingerprint density at radius 1 is 1.50 bits per heavy atom. The molecule has 3 unspecified atom stereocenters. The van der Waals surface area contributed by atoms with Gasteiger partial charge in [0.15, 0.2) is 0 Å². The fourth-order valence-electron chi connectivity index (χ4n) is 2.00. The second-order valence-electron chi connectivity index (χ2n) is 4.26. The molecule has 14 heavy (non-hydrogen) atoms. The Morgan fingerprint density at radius 2 is 2.14 bits per heavy atom. The predicted molar refractivity (Wildman–Crippen MR) is 56.0 cm³/mol. The van der Waals surface area contributed by atoms with Gasteiger partial charge in [0.05, 0.1) is 11.9 Å². The van der Waals surface area contributed by atoms with Crippen LogP contribution in [0.5, 0.6) is 0 Å². The van der Waals surface area contributed by atoms with E-state index in [1.54, 1.807) is 0 Å². The molecule has 1 saturated carbocycles. The largest absolute Gasteiger partial charge is 0.392 e. The molecule has 2 N–H and O–H groups in total. The number of sulfone groups is 1. The van der Waals surface area contributed by atoms with Gasteiger partial charge in [0.1, 0.15) is 9.84 Å². The molecule has 0 bridgehead atoms. The summed E-state index contributed by atoms with van der Waals surface area (Å²) in [5, 5.41) is 12.7. The molecule has 1 aliphatic carbocycles. The maximum Gasteiger partial charge on any atom is 0.148 e. The number of nitrogens with one attached hydrogen (secondary N) is 1. The van der Waals surface area contributed by atoms with Crippen LogP contribution in [0.3, 0.4) is 0 Å². The molecule has 0 aromatic rings. The normalized spacial score (nSPS) is 30.5. The Labute approximate surface area is 85.6 Å². The van der Waals surface area contributed by atoms with Crippen molar-refractivity contribution in [3.63, 3.8) is 0 Å². The van der Waals surface area contributed by atoms with Gasteiger partial charge in [0, 0.05) is 18.3 Å². The highest BCUT2D eigenvalue weighted by atomic mass is 32.2. The van der Waals surface area contributed by atoms with E-state index in [1.165, 1.54) is 6.26 Å². The lowest BCUT2D eigenvalue weighted by Crippen LogP contribution is -2.44. The molecule has 4 nitrogen and oxygen atoms in total. The monoisotopic (exact) mass is 221 g/mol. The van der Waals surface area contributed by atoms with Crippen molar-refractivity contribution in [1.82, 2.24) is 5.32 Å². The summed E-state index contributed by atoms with van der Waals surface area (Å²) in [6.45, 7) is 1.84. The average molecular weight is 221 g/mol. The summed E-state index contributed by atoms with van der Waals surface area (Å²) in [5.74, 6) is 0.135. The van der Waals surface area contributed by atoms with Crippen molar-refractivity contribution in [2.75, 3.05) is 12.0 Å². The second kappa shape index (κ2) is 4.59. The van der Waals surface area contributed by atoms with Crippen molar-refractivity contribution in [1.29, 1.82) is 0 Å². The Morgan fingerprint density at radius 3 is 2.57 bits per heavy atom. The standard InChI is InChI=1S/C9H19NO3S/c1-7(6-14(2,12)13)10-8-4-3-5-9(8)11/h7-11H,3-6H2,1-2H3. The summed E-state index contributed by atoms with van der Waals surface area (Å²) in [4.78, 5) is 0. The molecule has 0 aromatic carbocycles. The van der Waals surface area contributed by atoms with Gasteiger partial charge in [-0.2, -0.15) is 0 Å². The van der Waals surface area contributed by atoms with Gasteiger partial charge in [-0.15, -0.1) is 0 Å². The molecule has 84 valence electrons. The van der Waals surface area contributed by atoms with Crippen LogP contribution in [0.15, 0.2) is 0 Å². The smallest absolute Gasteiger partial charge is 0.148 e. The molecule has 0 saturated heterocycles. The maximum atomic E-state index is 11.0. The second-order valence-corrected chi connectivity index (χ2v) is 6.45. The number of rotatable bonds is 4. The van der Waals surface area contributed by atoms with Crippen LogP contribution < -0.4 is 5.32 Å². The summed E-state index contributed by atoms with van der Waals surface area (Å²) >= 11 is 0. The lowest BCUT2D eigenvalue weighted by molar-refractivity contribution is 0.145. The molecule has 0 amide bonds. The Balaban J connectivity index is 2.37. The van der Waals surface area contributed by atoms with E-state index < -0.39 is 9.84 Å². The van der Waals surface area contributed by atoms with E-state index >= 15 is 0 Å². The molecular formula is C9H19NO3S. The van der Waals surface area contributed by atoms with Crippen molar-refractivity contribution in [2.24, 2.45) is 0 Å². The van der Waals surface area contributed by atoms with Crippen molar-refractivity contribution in [2.45, 2.75) is 44.4 Å².